The summed E-state index contributed by atoms with van der Waals surface area (Å²) in [5.74, 6) is 0.636. The number of halogens is 3. The summed E-state index contributed by atoms with van der Waals surface area (Å²) >= 11 is 6.07. The molecule has 1 N–H and O–H groups in total. The summed E-state index contributed by atoms with van der Waals surface area (Å²) in [6, 6.07) is 6.14. The lowest BCUT2D eigenvalue weighted by molar-refractivity contribution is -0.117. The number of aryl methyl sites for hydroxylation is 1. The minimum Gasteiger partial charge on any atom is -0.369 e. The van der Waals surface area contributed by atoms with Gasteiger partial charge in [0.1, 0.15) is 0 Å². The lowest BCUT2D eigenvalue weighted by Crippen LogP contribution is -2.68. The Morgan fingerprint density at radius 2 is 2.00 bits per heavy atom. The Morgan fingerprint density at radius 1 is 1.09 bits per heavy atom. The van der Waals surface area contributed by atoms with Gasteiger partial charge < -0.3 is 15.1 Å². The number of rotatable bonds is 4. The van der Waals surface area contributed by atoms with Crippen molar-refractivity contribution in [3.8, 4) is 0 Å². The van der Waals surface area contributed by atoms with E-state index in [1.807, 2.05) is 15.6 Å². The predicted octanol–water partition coefficient (Wildman–Crippen LogP) is 3.87. The number of benzene rings is 1. The van der Waals surface area contributed by atoms with Crippen LogP contribution in [-0.2, 0) is 6.54 Å². The molecular formula is C23H23ClF2N8. The van der Waals surface area contributed by atoms with E-state index in [4.69, 9.17) is 21.7 Å². The van der Waals surface area contributed by atoms with Crippen molar-refractivity contribution in [2.75, 3.05) is 34.8 Å². The molecule has 176 valence electrons. The Balaban J connectivity index is 1.12. The zero-order valence-corrected chi connectivity index (χ0v) is 19.1. The molecule has 2 saturated carbocycles. The second-order valence-electron chi connectivity index (χ2n) is 9.83. The highest BCUT2D eigenvalue weighted by molar-refractivity contribution is 6.29. The van der Waals surface area contributed by atoms with Crippen LogP contribution in [0.4, 0.5) is 32.1 Å². The number of hydrogen-bond donors (Lipinski definition) is 1. The van der Waals surface area contributed by atoms with Crippen LogP contribution in [0.2, 0.25) is 5.15 Å². The Kier molecular flexibility index (Phi) is 4.34. The summed E-state index contributed by atoms with van der Waals surface area (Å²) in [5, 5.41) is 16.6. The van der Waals surface area contributed by atoms with Gasteiger partial charge in [0.05, 0.1) is 11.9 Å². The molecule has 7 rings (SSSR count). The van der Waals surface area contributed by atoms with E-state index < -0.39 is 11.6 Å². The van der Waals surface area contributed by atoms with Crippen LogP contribution in [-0.4, -0.2) is 50.6 Å². The van der Waals surface area contributed by atoms with Gasteiger partial charge in [0.25, 0.3) is 0 Å². The molecule has 3 aromatic rings. The molecule has 2 aliphatic carbocycles. The smallest absolute Gasteiger partial charge is 0.244 e. The van der Waals surface area contributed by atoms with Crippen LogP contribution in [0.5, 0.6) is 0 Å². The molecule has 2 aliphatic heterocycles. The van der Waals surface area contributed by atoms with Crippen LogP contribution in [0.3, 0.4) is 0 Å². The number of hydrogen-bond acceptors (Lipinski definition) is 7. The van der Waals surface area contributed by atoms with Crippen LogP contribution in [0.25, 0.3) is 0 Å². The quantitative estimate of drug-likeness (QED) is 0.602. The summed E-state index contributed by atoms with van der Waals surface area (Å²) in [5.41, 5.74) is 1.94. The average Bonchev–Trinajstić information content (AvgIpc) is 3.41. The molecule has 8 nitrogen and oxygen atoms in total. The maximum atomic E-state index is 13.9. The molecule has 4 atom stereocenters. The molecule has 1 aromatic carbocycles. The first kappa shape index (κ1) is 20.4. The molecule has 0 radical (unpaired) electrons. The first-order chi connectivity index (χ1) is 16.5. The number of nitrogens with zero attached hydrogens (tertiary/aromatic N) is 7. The van der Waals surface area contributed by atoms with E-state index in [1.165, 1.54) is 18.9 Å². The second kappa shape index (κ2) is 7.24. The summed E-state index contributed by atoms with van der Waals surface area (Å²) in [4.78, 5) is 9.04. The molecule has 1 saturated heterocycles. The van der Waals surface area contributed by atoms with Gasteiger partial charge >= 0.3 is 0 Å². The Bertz CT molecular complexity index is 1280. The lowest BCUT2D eigenvalue weighted by atomic mass is 9.41. The zero-order valence-electron chi connectivity index (χ0n) is 18.3. The zero-order chi connectivity index (χ0) is 23.0. The van der Waals surface area contributed by atoms with Gasteiger partial charge in [-0.05, 0) is 42.7 Å². The molecule has 4 heterocycles. The molecule has 1 spiro atoms. The molecule has 11 heteroatoms. The van der Waals surface area contributed by atoms with E-state index in [2.05, 4.69) is 20.4 Å². The van der Waals surface area contributed by atoms with Crippen molar-refractivity contribution in [3.05, 3.63) is 47.2 Å². The normalized spacial score (nSPS) is 29.1. The standard InChI is InChI=1S/C23H23ClF2N8/c24-19-9-14(10-27-30-19)32-11-16-20(15-4-5-23(15,16)12-32)28-21-29-22-33(6-1-7-34(22)31-21)13-2-3-17(25)18(26)8-13/h2-3,8-10,15-16,20H,1,4-7,11-12H2,(H,28,31)/t15?,16-,20+,23?/m0/s1. The molecule has 3 fully saturated rings. The molecule has 2 unspecified atom stereocenters. The van der Waals surface area contributed by atoms with Crippen molar-refractivity contribution in [2.45, 2.75) is 31.8 Å². The maximum Gasteiger partial charge on any atom is 0.244 e. The number of nitrogens with one attached hydrogen (secondary N) is 1. The third-order valence-corrected chi connectivity index (χ3v) is 8.48. The molecule has 4 aliphatic rings. The number of anilines is 4. The molecule has 0 bridgehead atoms. The minimum absolute atomic E-state index is 0.310. The second-order valence-corrected chi connectivity index (χ2v) is 10.2. The van der Waals surface area contributed by atoms with Crippen molar-refractivity contribution in [3.63, 3.8) is 0 Å². The Labute approximate surface area is 199 Å². The van der Waals surface area contributed by atoms with Gasteiger partial charge in [-0.15, -0.1) is 10.2 Å². The SMILES string of the molecule is Fc1ccc(N2CCCn3nc(N[C@@H]4C5CCC56CN(c5cnnc(Cl)c5)C[C@@H]46)nc32)cc1F. The van der Waals surface area contributed by atoms with Crippen LogP contribution in [0.15, 0.2) is 30.5 Å². The van der Waals surface area contributed by atoms with Crippen molar-refractivity contribution < 1.29 is 8.78 Å². The van der Waals surface area contributed by atoms with E-state index >= 15 is 0 Å². The van der Waals surface area contributed by atoms with E-state index in [0.717, 1.165) is 37.8 Å². The third kappa shape index (κ3) is 2.87. The van der Waals surface area contributed by atoms with E-state index in [9.17, 15) is 8.78 Å². The average molecular weight is 485 g/mol. The highest BCUT2D eigenvalue weighted by Gasteiger charge is 2.70. The van der Waals surface area contributed by atoms with Gasteiger partial charge in [0.2, 0.25) is 11.9 Å². The van der Waals surface area contributed by atoms with Crippen molar-refractivity contribution in [1.82, 2.24) is 25.0 Å². The monoisotopic (exact) mass is 484 g/mol. The van der Waals surface area contributed by atoms with Crippen LogP contribution < -0.4 is 15.1 Å². The summed E-state index contributed by atoms with van der Waals surface area (Å²) in [6.45, 7) is 3.37. The number of fused-ring (bicyclic) bond motifs is 1. The fourth-order valence-corrected chi connectivity index (χ4v) is 6.79. The van der Waals surface area contributed by atoms with Gasteiger partial charge in [0.15, 0.2) is 16.8 Å². The maximum absolute atomic E-state index is 13.9. The Morgan fingerprint density at radius 3 is 2.79 bits per heavy atom. The highest BCUT2D eigenvalue weighted by Crippen LogP contribution is 2.68. The minimum atomic E-state index is -0.861. The molecule has 0 amide bonds. The van der Waals surface area contributed by atoms with Crippen molar-refractivity contribution in [2.24, 2.45) is 17.3 Å². The van der Waals surface area contributed by atoms with Gasteiger partial charge in [0, 0.05) is 56.0 Å². The largest absolute Gasteiger partial charge is 0.369 e. The Hall–Kier alpha value is -3.01. The van der Waals surface area contributed by atoms with E-state index in [-0.39, 0.29) is 0 Å². The highest BCUT2D eigenvalue weighted by atomic mass is 35.5. The summed E-state index contributed by atoms with van der Waals surface area (Å²) < 4.78 is 29.1. The predicted molar refractivity (Wildman–Crippen MR) is 123 cm³/mol. The fourth-order valence-electron chi connectivity index (χ4n) is 6.64. The first-order valence-corrected chi connectivity index (χ1v) is 12.1. The van der Waals surface area contributed by atoms with Gasteiger partial charge in [-0.1, -0.05) is 11.6 Å². The van der Waals surface area contributed by atoms with Crippen LogP contribution in [0.1, 0.15) is 19.3 Å². The van der Waals surface area contributed by atoms with Crippen LogP contribution >= 0.6 is 11.6 Å². The number of aromatic nitrogens is 5. The van der Waals surface area contributed by atoms with Gasteiger partial charge in [-0.3, -0.25) is 0 Å². The fraction of sp³-hybridized carbons (Fsp3) is 0.478. The molecule has 34 heavy (non-hydrogen) atoms. The third-order valence-electron chi connectivity index (χ3n) is 8.30. The van der Waals surface area contributed by atoms with Gasteiger partial charge in [-0.25, -0.2) is 13.5 Å². The summed E-state index contributed by atoms with van der Waals surface area (Å²) in [7, 11) is 0. The van der Waals surface area contributed by atoms with Crippen molar-refractivity contribution in [1.29, 1.82) is 0 Å². The lowest BCUT2D eigenvalue weighted by Gasteiger charge is -2.65. The molecular weight excluding hydrogens is 462 g/mol. The topological polar surface area (TPSA) is 75.0 Å². The summed E-state index contributed by atoms with van der Waals surface area (Å²) in [6.07, 6.45) is 5.07. The van der Waals surface area contributed by atoms with Gasteiger partial charge in [-0.2, -0.15) is 10.1 Å². The molecule has 2 aromatic heterocycles. The van der Waals surface area contributed by atoms with Crippen molar-refractivity contribution >= 4 is 34.9 Å². The van der Waals surface area contributed by atoms with E-state index in [0.29, 0.717) is 52.6 Å². The van der Waals surface area contributed by atoms with Crippen LogP contribution in [0, 0.1) is 28.9 Å². The first-order valence-electron chi connectivity index (χ1n) is 11.7. The van der Waals surface area contributed by atoms with E-state index in [1.54, 1.807) is 12.3 Å².